The van der Waals surface area contributed by atoms with Gasteiger partial charge in [-0.25, -0.2) is 4.98 Å². The van der Waals surface area contributed by atoms with E-state index in [4.69, 9.17) is 43.1 Å². The third-order valence-electron chi connectivity index (χ3n) is 15.5. The van der Waals surface area contributed by atoms with Crippen LogP contribution in [0.3, 0.4) is 0 Å². The molecule has 21 heteroatoms. The van der Waals surface area contributed by atoms with Crippen molar-refractivity contribution in [2.45, 2.75) is 97.8 Å². The monoisotopic (exact) mass is 1220 g/mol. The number of hydrogen-bond acceptors (Lipinski definition) is 17. The second kappa shape index (κ2) is 32.0. The number of allylic oxidation sites excluding steroid dienone is 3. The number of amides is 2. The number of aryl methyl sites for hydroxylation is 3. The van der Waals surface area contributed by atoms with Gasteiger partial charge in [0.05, 0.1) is 90.4 Å². The molecule has 0 spiro atoms. The second-order valence-corrected chi connectivity index (χ2v) is 21.3. The van der Waals surface area contributed by atoms with Crippen LogP contribution in [-0.4, -0.2) is 134 Å². The molecule has 470 valence electrons. The van der Waals surface area contributed by atoms with Crippen LogP contribution in [0, 0.1) is 13.8 Å². The molecular weight excluding hydrogens is 1140 g/mol. The molecule has 2 unspecified atom stereocenters. The number of benzene rings is 2. The van der Waals surface area contributed by atoms with Crippen LogP contribution >= 0.6 is 0 Å². The highest BCUT2D eigenvalue weighted by Crippen LogP contribution is 2.44. The summed E-state index contributed by atoms with van der Waals surface area (Å²) in [5.74, 6) is -3.08. The van der Waals surface area contributed by atoms with Crippen molar-refractivity contribution in [3.63, 3.8) is 0 Å². The highest BCUT2D eigenvalue weighted by Gasteiger charge is 2.36. The highest BCUT2D eigenvalue weighted by molar-refractivity contribution is 6.27. The van der Waals surface area contributed by atoms with Gasteiger partial charge in [-0.2, -0.15) is 0 Å². The summed E-state index contributed by atoms with van der Waals surface area (Å²) in [6.07, 6.45) is 8.18. The van der Waals surface area contributed by atoms with Crippen molar-refractivity contribution in [1.82, 2.24) is 30.6 Å². The lowest BCUT2D eigenvalue weighted by atomic mass is 9.84. The lowest BCUT2D eigenvalue weighted by Gasteiger charge is -2.18. The minimum Gasteiger partial charge on any atom is -0.504 e. The molecule has 2 amide bonds. The van der Waals surface area contributed by atoms with Crippen molar-refractivity contribution >= 4 is 92.7 Å². The average molecular weight is 1220 g/mol. The summed E-state index contributed by atoms with van der Waals surface area (Å²) in [5.41, 5.74) is 11.9. The van der Waals surface area contributed by atoms with Crippen molar-refractivity contribution in [2.24, 2.45) is 0 Å². The zero-order valence-corrected chi connectivity index (χ0v) is 51.9. The molecule has 2 atom stereocenters. The number of fused-ring (bicyclic) bond motifs is 8. The smallest absolute Gasteiger partial charge is 0.311 e. The van der Waals surface area contributed by atoms with Crippen LogP contribution in [-0.2, 0) is 65.4 Å². The third-order valence-corrected chi connectivity index (χ3v) is 15.5. The summed E-state index contributed by atoms with van der Waals surface area (Å²) in [6, 6.07) is 15.3. The maximum absolute atomic E-state index is 14.6. The second-order valence-electron chi connectivity index (χ2n) is 21.3. The Morgan fingerprint density at radius 1 is 0.674 bits per heavy atom. The van der Waals surface area contributed by atoms with Crippen LogP contribution < -0.4 is 24.8 Å². The van der Waals surface area contributed by atoms with E-state index in [9.17, 15) is 38.7 Å². The van der Waals surface area contributed by atoms with Gasteiger partial charge in [-0.3, -0.25) is 38.5 Å². The minimum atomic E-state index is -0.574. The maximum atomic E-state index is 14.6. The molecule has 2 aliphatic rings. The number of ketones is 2. The Balaban J connectivity index is 0.905. The van der Waals surface area contributed by atoms with Crippen molar-refractivity contribution in [3.8, 4) is 23.0 Å². The number of carbonyl (C=O) groups excluding carboxylic acids is 7. The minimum absolute atomic E-state index is 0.0355. The largest absolute Gasteiger partial charge is 0.504 e. The molecule has 3 aromatic heterocycles. The molecule has 0 saturated heterocycles. The average Bonchev–Trinajstić information content (AvgIpc) is 1.64. The third kappa shape index (κ3) is 17.4. The summed E-state index contributed by atoms with van der Waals surface area (Å²) in [5, 5.41) is 15.5. The Labute approximate surface area is 516 Å². The number of rotatable bonds is 30. The Kier molecular flexibility index (Phi) is 24.1. The van der Waals surface area contributed by atoms with Crippen molar-refractivity contribution in [3.05, 3.63) is 135 Å². The number of esters is 3. The van der Waals surface area contributed by atoms with Crippen LogP contribution in [0.4, 0.5) is 0 Å². The first kappa shape index (κ1) is 67.0. The SMILES string of the molecule is C=Cc1c(C)c2cc3nc(c(CC(=O)OC)c4nc(cc5[nH]c(cc1[nH]2)c(C)c5CC)C(C)=C4C(=O)NCCOCCOCCNC(=O)CCCC(=O)Oc1ccc(/C=C/C(=O)CC(=O)/C=C/c2ccc(O)c(OC)c2)cc1OC)C(CCC(=O)OC)C3C. The van der Waals surface area contributed by atoms with Crippen LogP contribution in [0.2, 0.25) is 0 Å². The molecule has 2 aromatic carbocycles. The van der Waals surface area contributed by atoms with E-state index in [1.807, 2.05) is 39.0 Å². The molecule has 8 bridgehead atoms. The summed E-state index contributed by atoms with van der Waals surface area (Å²) in [6.45, 7) is 15.2. The molecule has 5 heterocycles. The van der Waals surface area contributed by atoms with Crippen molar-refractivity contribution in [1.29, 1.82) is 0 Å². The van der Waals surface area contributed by atoms with Gasteiger partial charge < -0.3 is 58.9 Å². The van der Waals surface area contributed by atoms with E-state index in [0.29, 0.717) is 52.2 Å². The quantitative estimate of drug-likeness (QED) is 0.00940. The van der Waals surface area contributed by atoms with E-state index in [-0.39, 0.29) is 130 Å². The first-order valence-corrected chi connectivity index (χ1v) is 29.4. The molecule has 21 nitrogen and oxygen atoms in total. The molecule has 0 saturated carbocycles. The highest BCUT2D eigenvalue weighted by atomic mass is 16.6. The van der Waals surface area contributed by atoms with Crippen LogP contribution in [0.15, 0.2) is 73.3 Å². The Morgan fingerprint density at radius 2 is 1.31 bits per heavy atom. The van der Waals surface area contributed by atoms with Gasteiger partial charge in [-0.05, 0) is 128 Å². The zero-order chi connectivity index (χ0) is 64.3. The molecule has 89 heavy (non-hydrogen) atoms. The topological polar surface area (TPSA) is 286 Å². The van der Waals surface area contributed by atoms with E-state index < -0.39 is 35.4 Å². The number of phenols is 1. The Hall–Kier alpha value is -9.47. The Bertz CT molecular complexity index is 3780. The van der Waals surface area contributed by atoms with Gasteiger partial charge in [-0.1, -0.05) is 50.8 Å². The number of ether oxygens (including phenoxy) is 7. The van der Waals surface area contributed by atoms with E-state index in [0.717, 1.165) is 44.3 Å². The number of aromatic nitrogens is 4. The summed E-state index contributed by atoms with van der Waals surface area (Å²) in [7, 11) is 5.46. The van der Waals surface area contributed by atoms with Gasteiger partial charge >= 0.3 is 17.9 Å². The molecule has 7 rings (SSSR count). The van der Waals surface area contributed by atoms with Gasteiger partial charge in [0.25, 0.3) is 5.91 Å². The van der Waals surface area contributed by atoms with Crippen molar-refractivity contribution < 1.29 is 71.8 Å². The van der Waals surface area contributed by atoms with Crippen LogP contribution in [0.5, 0.6) is 23.0 Å². The fourth-order valence-corrected chi connectivity index (χ4v) is 10.6. The van der Waals surface area contributed by atoms with Crippen LogP contribution in [0.25, 0.3) is 51.4 Å². The van der Waals surface area contributed by atoms with E-state index in [2.05, 4.69) is 47.1 Å². The predicted octanol–water partition coefficient (Wildman–Crippen LogP) is 9.64. The number of aromatic hydroxyl groups is 1. The fraction of sp³-hybridized carbons (Fsp3) is 0.368. The van der Waals surface area contributed by atoms with Gasteiger partial charge in [0.1, 0.15) is 0 Å². The molecule has 0 radical (unpaired) electrons. The standard InChI is InChI=1S/C68H78N6O15/c1-11-47-39(3)51-36-53-41(5)49(22-25-62(79)85-9)66(73-53)50(35-64(81)86-10)67-65(42(6)54(74-67)38-56-48(12-2)40(4)52(72-56)37-55(47)71-51)68(82)70-27-29-88-31-30-87-28-26-69-61(78)14-13-15-63(80)89-58-24-19-44(33-60(58)84-8)17-21-46(76)34-45(75)20-16-43-18-23-57(77)59(32-43)83-7/h11,16-21,23-24,32-33,36-38,41,49,71-72,77H,1,12-15,22,25-31,34-35H2,2-10H3,(H,69,78)(H,70,82)/b20-16+,21-17+,51-36?,52-37?,53-36?,54-38?,55-37?,56-38?,66-50?,67-50?. The molecule has 5 N–H and O–H groups in total. The number of methoxy groups -OCH3 is 4. The van der Waals surface area contributed by atoms with E-state index >= 15 is 0 Å². The first-order valence-electron chi connectivity index (χ1n) is 29.4. The number of hydrogen-bond donors (Lipinski definition) is 5. The Morgan fingerprint density at radius 3 is 1.97 bits per heavy atom. The molecular formula is C68H78N6O15. The fourth-order valence-electron chi connectivity index (χ4n) is 10.6. The van der Waals surface area contributed by atoms with E-state index in [1.54, 1.807) is 24.3 Å². The number of carbonyl (C=O) groups is 7. The number of aromatic amines is 2. The van der Waals surface area contributed by atoms with Gasteiger partial charge in [0.2, 0.25) is 5.91 Å². The van der Waals surface area contributed by atoms with Gasteiger partial charge in [-0.15, -0.1) is 0 Å². The predicted molar refractivity (Wildman–Crippen MR) is 338 cm³/mol. The van der Waals surface area contributed by atoms with Crippen LogP contribution in [0.1, 0.15) is 133 Å². The lowest BCUT2D eigenvalue weighted by molar-refractivity contribution is -0.141. The first-order chi connectivity index (χ1) is 42.8. The number of nitrogens with zero attached hydrogens (tertiary/aromatic N) is 2. The summed E-state index contributed by atoms with van der Waals surface area (Å²) < 4.78 is 37.8. The summed E-state index contributed by atoms with van der Waals surface area (Å²) in [4.78, 5) is 109. The van der Waals surface area contributed by atoms with E-state index in [1.165, 1.54) is 64.9 Å². The number of nitrogens with one attached hydrogen (secondary N) is 4. The lowest BCUT2D eigenvalue weighted by Crippen LogP contribution is -2.29. The van der Waals surface area contributed by atoms with Crippen molar-refractivity contribution in [2.75, 3.05) is 68.0 Å². The maximum Gasteiger partial charge on any atom is 0.311 e. The number of H-pyrrole nitrogens is 2. The normalized spacial score (nSPS) is 13.8. The molecule has 2 aliphatic heterocycles. The molecule has 5 aromatic rings. The number of phenolic OH excluding ortho intramolecular Hbond substituents is 1. The van der Waals surface area contributed by atoms with Gasteiger partial charge in [0, 0.05) is 83.1 Å². The molecule has 0 fully saturated rings. The zero-order valence-electron chi connectivity index (χ0n) is 51.9. The molecule has 0 aliphatic carbocycles. The van der Waals surface area contributed by atoms with Gasteiger partial charge in [0.15, 0.2) is 34.6 Å². The summed E-state index contributed by atoms with van der Waals surface area (Å²) >= 11 is 0.